The Morgan fingerprint density at radius 3 is 2.58 bits per heavy atom. The number of rotatable bonds is 4. The molecule has 5 nitrogen and oxygen atoms in total. The molecule has 1 atom stereocenters. The van der Waals surface area contributed by atoms with Gasteiger partial charge < -0.3 is 15.0 Å². The van der Waals surface area contributed by atoms with Crippen molar-refractivity contribution < 1.29 is 14.3 Å². The highest BCUT2D eigenvalue weighted by Gasteiger charge is 2.30. The zero-order valence-corrected chi connectivity index (χ0v) is 13.6. The quantitative estimate of drug-likeness (QED) is 0.938. The van der Waals surface area contributed by atoms with E-state index in [1.165, 1.54) is 0 Å². The molecule has 0 radical (unpaired) electrons. The number of para-hydroxylation sites is 2. The van der Waals surface area contributed by atoms with Crippen LogP contribution in [0.15, 0.2) is 54.6 Å². The second kappa shape index (κ2) is 7.17. The Morgan fingerprint density at radius 2 is 1.83 bits per heavy atom. The zero-order chi connectivity index (χ0) is 16.9. The molecular formula is C19H20N2O3. The van der Waals surface area contributed by atoms with Gasteiger partial charge in [-0.3, -0.25) is 4.79 Å². The van der Waals surface area contributed by atoms with Crippen molar-refractivity contribution in [2.45, 2.75) is 19.3 Å². The maximum atomic E-state index is 11.8. The van der Waals surface area contributed by atoms with Crippen molar-refractivity contribution in [3.05, 3.63) is 60.2 Å². The molecule has 1 heterocycles. The molecule has 3 rings (SSSR count). The summed E-state index contributed by atoms with van der Waals surface area (Å²) in [6, 6.07) is 16.9. The number of hydrogen-bond donors (Lipinski definition) is 1. The lowest BCUT2D eigenvalue weighted by atomic mass is 9.98. The normalized spacial score (nSPS) is 15.7. The number of amides is 2. The Hall–Kier alpha value is -2.82. The molecule has 124 valence electrons. The molecule has 0 spiro atoms. The van der Waals surface area contributed by atoms with Crippen molar-refractivity contribution in [1.29, 1.82) is 0 Å². The highest BCUT2D eigenvalue weighted by molar-refractivity contribution is 5.94. The lowest BCUT2D eigenvalue weighted by Gasteiger charge is -2.15. The number of carbonyl (C=O) groups is 2. The molecule has 1 unspecified atom stereocenters. The van der Waals surface area contributed by atoms with E-state index in [0.717, 1.165) is 17.7 Å². The molecule has 0 aliphatic carbocycles. The van der Waals surface area contributed by atoms with Crippen molar-refractivity contribution in [1.82, 2.24) is 5.32 Å². The summed E-state index contributed by atoms with van der Waals surface area (Å²) in [6.45, 7) is 2.73. The van der Waals surface area contributed by atoms with Crippen LogP contribution in [0.2, 0.25) is 0 Å². The average molecular weight is 324 g/mol. The molecule has 24 heavy (non-hydrogen) atoms. The van der Waals surface area contributed by atoms with Crippen LogP contribution in [0.1, 0.15) is 24.8 Å². The van der Waals surface area contributed by atoms with Crippen LogP contribution >= 0.6 is 0 Å². The van der Waals surface area contributed by atoms with Gasteiger partial charge in [-0.1, -0.05) is 36.4 Å². The van der Waals surface area contributed by atoms with E-state index in [-0.39, 0.29) is 11.8 Å². The van der Waals surface area contributed by atoms with E-state index in [1.54, 1.807) is 24.0 Å². The van der Waals surface area contributed by atoms with Gasteiger partial charge in [0.25, 0.3) is 0 Å². The van der Waals surface area contributed by atoms with E-state index in [9.17, 15) is 9.59 Å². The molecule has 2 aromatic rings. The van der Waals surface area contributed by atoms with Gasteiger partial charge in [-0.25, -0.2) is 4.79 Å². The summed E-state index contributed by atoms with van der Waals surface area (Å²) in [5.74, 6) is 0.785. The summed E-state index contributed by atoms with van der Waals surface area (Å²) in [6.07, 6.45) is 0.293. The number of nitrogens with zero attached hydrogens (tertiary/aromatic N) is 1. The van der Waals surface area contributed by atoms with Crippen LogP contribution in [0.3, 0.4) is 0 Å². The Kier molecular flexibility index (Phi) is 4.79. The van der Waals surface area contributed by atoms with Crippen LogP contribution in [-0.4, -0.2) is 25.1 Å². The summed E-state index contributed by atoms with van der Waals surface area (Å²) in [7, 11) is 0. The molecule has 1 N–H and O–H groups in total. The van der Waals surface area contributed by atoms with Gasteiger partial charge in [0.2, 0.25) is 5.91 Å². The number of anilines is 1. The number of benzene rings is 2. The molecule has 0 fully saturated rings. The molecule has 0 saturated carbocycles. The number of fused-ring (bicyclic) bond motifs is 1. The SMILES string of the molecule is CC(=O)N1CC(CCNC(=O)Oc2ccccc2)c2ccccc21. The number of hydrogen-bond acceptors (Lipinski definition) is 3. The minimum atomic E-state index is -0.462. The number of nitrogens with one attached hydrogen (secondary N) is 1. The van der Waals surface area contributed by atoms with Crippen LogP contribution in [0.5, 0.6) is 5.75 Å². The van der Waals surface area contributed by atoms with Crippen molar-refractivity contribution in [3.8, 4) is 5.75 Å². The minimum Gasteiger partial charge on any atom is -0.410 e. The van der Waals surface area contributed by atoms with E-state index in [2.05, 4.69) is 5.32 Å². The van der Waals surface area contributed by atoms with Gasteiger partial charge in [-0.15, -0.1) is 0 Å². The van der Waals surface area contributed by atoms with Gasteiger partial charge in [0, 0.05) is 31.6 Å². The summed E-state index contributed by atoms with van der Waals surface area (Å²) < 4.78 is 5.19. The molecule has 0 bridgehead atoms. The van der Waals surface area contributed by atoms with Gasteiger partial charge in [-0.2, -0.15) is 0 Å². The molecule has 1 aliphatic rings. The summed E-state index contributed by atoms with van der Waals surface area (Å²) in [5, 5.41) is 2.77. The fourth-order valence-corrected chi connectivity index (χ4v) is 3.02. The maximum absolute atomic E-state index is 11.8. The first-order valence-corrected chi connectivity index (χ1v) is 8.03. The van der Waals surface area contributed by atoms with E-state index >= 15 is 0 Å². The summed E-state index contributed by atoms with van der Waals surface area (Å²) in [4.78, 5) is 25.4. The van der Waals surface area contributed by atoms with Crippen LogP contribution < -0.4 is 15.0 Å². The topological polar surface area (TPSA) is 58.6 Å². The summed E-state index contributed by atoms with van der Waals surface area (Å²) in [5.41, 5.74) is 2.13. The van der Waals surface area contributed by atoms with E-state index in [0.29, 0.717) is 18.8 Å². The maximum Gasteiger partial charge on any atom is 0.412 e. The Morgan fingerprint density at radius 1 is 1.12 bits per heavy atom. The average Bonchev–Trinajstić information content (AvgIpc) is 2.95. The lowest BCUT2D eigenvalue weighted by Crippen LogP contribution is -2.30. The molecule has 2 aromatic carbocycles. The molecule has 0 aromatic heterocycles. The second-order valence-electron chi connectivity index (χ2n) is 5.80. The van der Waals surface area contributed by atoms with Gasteiger partial charge in [0.1, 0.15) is 5.75 Å². The van der Waals surface area contributed by atoms with E-state index in [4.69, 9.17) is 4.74 Å². The third-order valence-corrected chi connectivity index (χ3v) is 4.17. The van der Waals surface area contributed by atoms with Crippen molar-refractivity contribution in [3.63, 3.8) is 0 Å². The van der Waals surface area contributed by atoms with Gasteiger partial charge >= 0.3 is 6.09 Å². The van der Waals surface area contributed by atoms with Crippen LogP contribution in [0.25, 0.3) is 0 Å². The van der Waals surface area contributed by atoms with Crippen molar-refractivity contribution in [2.75, 3.05) is 18.0 Å². The Labute approximate surface area is 141 Å². The van der Waals surface area contributed by atoms with Gasteiger partial charge in [0.15, 0.2) is 0 Å². The molecule has 0 saturated heterocycles. The van der Waals surface area contributed by atoms with Crippen LogP contribution in [0, 0.1) is 0 Å². The van der Waals surface area contributed by atoms with Gasteiger partial charge in [0.05, 0.1) is 0 Å². The first-order valence-electron chi connectivity index (χ1n) is 8.03. The first-order chi connectivity index (χ1) is 11.6. The Balaban J connectivity index is 1.54. The molecular weight excluding hydrogens is 304 g/mol. The summed E-state index contributed by atoms with van der Waals surface area (Å²) >= 11 is 0. The molecule has 2 amide bonds. The monoisotopic (exact) mass is 324 g/mol. The van der Waals surface area contributed by atoms with Crippen LogP contribution in [-0.2, 0) is 4.79 Å². The van der Waals surface area contributed by atoms with Crippen LogP contribution in [0.4, 0.5) is 10.5 Å². The predicted octanol–water partition coefficient (Wildman–Crippen LogP) is 3.32. The fraction of sp³-hybridized carbons (Fsp3) is 0.263. The first kappa shape index (κ1) is 16.1. The fourth-order valence-electron chi connectivity index (χ4n) is 3.02. The lowest BCUT2D eigenvalue weighted by molar-refractivity contribution is -0.116. The third kappa shape index (κ3) is 3.56. The van der Waals surface area contributed by atoms with Crippen molar-refractivity contribution >= 4 is 17.7 Å². The van der Waals surface area contributed by atoms with E-state index in [1.807, 2.05) is 42.5 Å². The largest absolute Gasteiger partial charge is 0.412 e. The highest BCUT2D eigenvalue weighted by atomic mass is 16.6. The van der Waals surface area contributed by atoms with Gasteiger partial charge in [-0.05, 0) is 30.2 Å². The van der Waals surface area contributed by atoms with Crippen molar-refractivity contribution in [2.24, 2.45) is 0 Å². The Bertz CT molecular complexity index is 730. The predicted molar refractivity (Wildman–Crippen MR) is 92.3 cm³/mol. The number of carbonyl (C=O) groups excluding carboxylic acids is 2. The molecule has 1 aliphatic heterocycles. The third-order valence-electron chi connectivity index (χ3n) is 4.17. The standard InChI is InChI=1S/C19H20N2O3/c1-14(22)21-13-15(17-9-5-6-10-18(17)21)11-12-20-19(23)24-16-7-3-2-4-8-16/h2-10,15H,11-13H2,1H3,(H,20,23). The van der Waals surface area contributed by atoms with E-state index < -0.39 is 6.09 Å². The molecule has 5 heteroatoms. The highest BCUT2D eigenvalue weighted by Crippen LogP contribution is 2.37. The smallest absolute Gasteiger partial charge is 0.410 e. The zero-order valence-electron chi connectivity index (χ0n) is 13.6. The number of ether oxygens (including phenoxy) is 1. The second-order valence-corrected chi connectivity index (χ2v) is 5.80. The minimum absolute atomic E-state index is 0.0430.